The lowest BCUT2D eigenvalue weighted by Crippen LogP contribution is -2.46. The summed E-state index contributed by atoms with van der Waals surface area (Å²) in [4.78, 5) is 46.0. The van der Waals surface area contributed by atoms with Crippen LogP contribution in [0.4, 0.5) is 0 Å². The molecule has 1 atom stereocenters. The summed E-state index contributed by atoms with van der Waals surface area (Å²) in [5, 5.41) is 9.24. The molecule has 0 aliphatic carbocycles. The van der Waals surface area contributed by atoms with Gasteiger partial charge in [-0.3, -0.25) is 19.2 Å². The van der Waals surface area contributed by atoms with Crippen molar-refractivity contribution < 1.29 is 24.3 Å². The van der Waals surface area contributed by atoms with Crippen LogP contribution in [0.2, 0.25) is 0 Å². The van der Waals surface area contributed by atoms with Gasteiger partial charge in [-0.1, -0.05) is 13.8 Å². The molecule has 0 rings (SSSR count). The first-order chi connectivity index (χ1) is 9.00. The molecule has 0 aliphatic heterocycles. The molecule has 0 bridgehead atoms. The Morgan fingerprint density at radius 2 is 1.50 bits per heavy atom. The monoisotopic (exact) mass is 287 g/mol. The predicted octanol–water partition coefficient (Wildman–Crippen LogP) is -1.08. The summed E-state index contributed by atoms with van der Waals surface area (Å²) in [7, 11) is 0. The molecular weight excluding hydrogens is 266 g/mol. The van der Waals surface area contributed by atoms with Gasteiger partial charge in [0.15, 0.2) is 0 Å². The van der Waals surface area contributed by atoms with E-state index in [0.717, 1.165) is 4.90 Å². The van der Waals surface area contributed by atoms with Gasteiger partial charge in [0.05, 0.1) is 18.5 Å². The molecule has 8 nitrogen and oxygen atoms in total. The van der Waals surface area contributed by atoms with Crippen molar-refractivity contribution in [3.8, 4) is 0 Å². The Labute approximate surface area is 117 Å². The van der Waals surface area contributed by atoms with Crippen LogP contribution < -0.4 is 11.5 Å². The SMILES string of the molecule is CC(C)C(C)(CC(=O)N(CC(N)=O)CC(N)=O)C(=O)O. The van der Waals surface area contributed by atoms with Crippen molar-refractivity contribution in [1.82, 2.24) is 4.90 Å². The molecule has 8 heteroatoms. The number of carboxylic acid groups (broad SMARTS) is 1. The van der Waals surface area contributed by atoms with Crippen molar-refractivity contribution in [2.45, 2.75) is 27.2 Å². The Morgan fingerprint density at radius 1 is 1.10 bits per heavy atom. The van der Waals surface area contributed by atoms with E-state index in [1.165, 1.54) is 6.92 Å². The standard InChI is InChI=1S/C12H21N3O5/c1-7(2)12(3,11(19)20)4-10(18)15(5-8(13)16)6-9(14)17/h7H,4-6H2,1-3H3,(H2,13,16)(H2,14,17)(H,19,20). The van der Waals surface area contributed by atoms with Gasteiger partial charge in [-0.15, -0.1) is 0 Å². The highest BCUT2D eigenvalue weighted by Gasteiger charge is 2.40. The van der Waals surface area contributed by atoms with Crippen LogP contribution in [-0.4, -0.2) is 46.8 Å². The highest BCUT2D eigenvalue weighted by atomic mass is 16.4. The minimum Gasteiger partial charge on any atom is -0.481 e. The molecule has 20 heavy (non-hydrogen) atoms. The zero-order chi connectivity index (χ0) is 16.1. The number of carbonyl (C=O) groups excluding carboxylic acids is 3. The normalized spacial score (nSPS) is 13.6. The molecule has 0 radical (unpaired) electrons. The van der Waals surface area contributed by atoms with E-state index in [2.05, 4.69) is 0 Å². The van der Waals surface area contributed by atoms with Crippen LogP contribution in [0, 0.1) is 11.3 Å². The summed E-state index contributed by atoms with van der Waals surface area (Å²) < 4.78 is 0. The highest BCUT2D eigenvalue weighted by molar-refractivity contribution is 5.90. The number of nitrogens with zero attached hydrogens (tertiary/aromatic N) is 1. The molecule has 0 spiro atoms. The molecule has 0 fully saturated rings. The van der Waals surface area contributed by atoms with Crippen LogP contribution in [0.5, 0.6) is 0 Å². The van der Waals surface area contributed by atoms with Crippen molar-refractivity contribution in [3.63, 3.8) is 0 Å². The second kappa shape index (κ2) is 6.88. The third-order valence-corrected chi connectivity index (χ3v) is 3.33. The molecule has 1 unspecified atom stereocenters. The van der Waals surface area contributed by atoms with Crippen LogP contribution in [0.25, 0.3) is 0 Å². The molecule has 0 aromatic carbocycles. The lowest BCUT2D eigenvalue weighted by atomic mass is 9.76. The van der Waals surface area contributed by atoms with Crippen molar-refractivity contribution >= 4 is 23.7 Å². The van der Waals surface area contributed by atoms with Crippen LogP contribution in [-0.2, 0) is 19.2 Å². The van der Waals surface area contributed by atoms with Gasteiger partial charge in [-0.05, 0) is 12.8 Å². The molecule has 0 aliphatic rings. The van der Waals surface area contributed by atoms with Gasteiger partial charge in [0, 0.05) is 6.42 Å². The van der Waals surface area contributed by atoms with Gasteiger partial charge in [-0.2, -0.15) is 0 Å². The van der Waals surface area contributed by atoms with E-state index in [-0.39, 0.29) is 12.3 Å². The summed E-state index contributed by atoms with van der Waals surface area (Å²) >= 11 is 0. The van der Waals surface area contributed by atoms with E-state index >= 15 is 0 Å². The van der Waals surface area contributed by atoms with Gasteiger partial charge in [0.2, 0.25) is 17.7 Å². The Hall–Kier alpha value is -2.12. The topological polar surface area (TPSA) is 144 Å². The van der Waals surface area contributed by atoms with Crippen molar-refractivity contribution in [2.24, 2.45) is 22.8 Å². The molecule has 5 N–H and O–H groups in total. The van der Waals surface area contributed by atoms with Crippen LogP contribution in [0.15, 0.2) is 0 Å². The average molecular weight is 287 g/mol. The highest BCUT2D eigenvalue weighted by Crippen LogP contribution is 2.32. The third-order valence-electron chi connectivity index (χ3n) is 3.33. The summed E-state index contributed by atoms with van der Waals surface area (Å²) in [6, 6.07) is 0. The van der Waals surface area contributed by atoms with Crippen molar-refractivity contribution in [3.05, 3.63) is 0 Å². The van der Waals surface area contributed by atoms with Crippen LogP contribution in [0.1, 0.15) is 27.2 Å². The number of hydrogen-bond donors (Lipinski definition) is 3. The van der Waals surface area contributed by atoms with E-state index in [1.807, 2.05) is 0 Å². The fourth-order valence-corrected chi connectivity index (χ4v) is 1.56. The van der Waals surface area contributed by atoms with Crippen molar-refractivity contribution in [1.29, 1.82) is 0 Å². The number of amides is 3. The summed E-state index contributed by atoms with van der Waals surface area (Å²) in [6.45, 7) is 3.83. The number of carboxylic acids is 1. The first-order valence-corrected chi connectivity index (χ1v) is 6.08. The number of hydrogen-bond acceptors (Lipinski definition) is 4. The van der Waals surface area contributed by atoms with E-state index in [9.17, 15) is 24.3 Å². The Bertz CT molecular complexity index is 405. The quantitative estimate of drug-likeness (QED) is 0.520. The van der Waals surface area contributed by atoms with Gasteiger partial charge in [-0.25, -0.2) is 0 Å². The molecule has 3 amide bonds. The van der Waals surface area contributed by atoms with Crippen molar-refractivity contribution in [2.75, 3.05) is 13.1 Å². The summed E-state index contributed by atoms with van der Waals surface area (Å²) in [5.74, 6) is -3.70. The van der Waals surface area contributed by atoms with Gasteiger partial charge < -0.3 is 21.5 Å². The summed E-state index contributed by atoms with van der Waals surface area (Å²) in [6.07, 6.45) is -0.347. The van der Waals surface area contributed by atoms with E-state index < -0.39 is 42.2 Å². The molecule has 114 valence electrons. The first kappa shape index (κ1) is 17.9. The van der Waals surface area contributed by atoms with Crippen LogP contribution in [0.3, 0.4) is 0 Å². The number of primary amides is 2. The minimum atomic E-state index is -1.30. The van der Waals surface area contributed by atoms with Gasteiger partial charge >= 0.3 is 5.97 Å². The lowest BCUT2D eigenvalue weighted by molar-refractivity contribution is -0.155. The molecule has 0 aromatic rings. The molecule has 0 heterocycles. The van der Waals surface area contributed by atoms with E-state index in [4.69, 9.17) is 11.5 Å². The smallest absolute Gasteiger partial charge is 0.310 e. The molecule has 0 saturated carbocycles. The predicted molar refractivity (Wildman–Crippen MR) is 70.2 cm³/mol. The van der Waals surface area contributed by atoms with E-state index in [0.29, 0.717) is 0 Å². The third kappa shape index (κ3) is 4.87. The first-order valence-electron chi connectivity index (χ1n) is 6.08. The number of nitrogens with two attached hydrogens (primary N) is 2. The van der Waals surface area contributed by atoms with Gasteiger partial charge in [0.25, 0.3) is 0 Å². The fourth-order valence-electron chi connectivity index (χ4n) is 1.56. The lowest BCUT2D eigenvalue weighted by Gasteiger charge is -2.30. The fraction of sp³-hybridized carbons (Fsp3) is 0.667. The Kier molecular flexibility index (Phi) is 6.15. The number of aliphatic carboxylic acids is 1. The zero-order valence-electron chi connectivity index (χ0n) is 11.9. The van der Waals surface area contributed by atoms with Gasteiger partial charge in [0.1, 0.15) is 0 Å². The maximum absolute atomic E-state index is 12.1. The minimum absolute atomic E-state index is 0.312. The maximum atomic E-state index is 12.1. The largest absolute Gasteiger partial charge is 0.481 e. The average Bonchev–Trinajstić information content (AvgIpc) is 2.25. The Morgan fingerprint density at radius 3 is 1.75 bits per heavy atom. The number of carbonyl (C=O) groups is 4. The molecule has 0 aromatic heterocycles. The second-order valence-electron chi connectivity index (χ2n) is 5.24. The molecular formula is C12H21N3O5. The maximum Gasteiger partial charge on any atom is 0.310 e. The second-order valence-corrected chi connectivity index (χ2v) is 5.24. The number of rotatable bonds is 8. The summed E-state index contributed by atoms with van der Waals surface area (Å²) in [5.41, 5.74) is 8.68. The Balaban J connectivity index is 5.11. The van der Waals surface area contributed by atoms with Crippen LogP contribution >= 0.6 is 0 Å². The zero-order valence-corrected chi connectivity index (χ0v) is 11.9. The molecule has 0 saturated heterocycles. The van der Waals surface area contributed by atoms with E-state index in [1.54, 1.807) is 13.8 Å².